The van der Waals surface area contributed by atoms with E-state index in [2.05, 4.69) is 5.10 Å². The largest absolute Gasteiger partial charge is 0.328 e. The van der Waals surface area contributed by atoms with Crippen molar-refractivity contribution in [1.29, 1.82) is 0 Å². The van der Waals surface area contributed by atoms with E-state index in [0.29, 0.717) is 17.1 Å². The minimum absolute atomic E-state index is 0.345. The zero-order chi connectivity index (χ0) is 8.55. The van der Waals surface area contributed by atoms with Crippen molar-refractivity contribution < 1.29 is 0 Å². The number of hydrogen-bond donors (Lipinski definition) is 1. The Bertz CT molecular complexity index is 271. The molecule has 3 nitrogen and oxygen atoms in total. The van der Waals surface area contributed by atoms with Crippen molar-refractivity contribution in [3.63, 3.8) is 0 Å². The van der Waals surface area contributed by atoms with Gasteiger partial charge in [0.1, 0.15) is 0 Å². The van der Waals surface area contributed by atoms with Crippen LogP contribution in [0.5, 0.6) is 0 Å². The third kappa shape index (κ3) is 1.47. The minimum atomic E-state index is 0.345. The molecule has 0 aliphatic heterocycles. The van der Waals surface area contributed by atoms with Crippen LogP contribution in [0.2, 0.25) is 5.02 Å². The van der Waals surface area contributed by atoms with Crippen molar-refractivity contribution in [1.82, 2.24) is 9.78 Å². The van der Waals surface area contributed by atoms with Crippen LogP contribution in [0.4, 0.5) is 0 Å². The van der Waals surface area contributed by atoms with Crippen molar-refractivity contribution in [3.8, 4) is 0 Å². The molecule has 2 N–H and O–H groups in total. The first-order valence-corrected chi connectivity index (χ1v) is 4.59. The molecule has 1 aliphatic rings. The lowest BCUT2D eigenvalue weighted by Gasteiger charge is -2.08. The maximum Gasteiger partial charge on any atom is 0.0785 e. The highest BCUT2D eigenvalue weighted by Crippen LogP contribution is 2.28. The Labute approximate surface area is 76.5 Å². The summed E-state index contributed by atoms with van der Waals surface area (Å²) in [5, 5.41) is 4.87. The Hall–Kier alpha value is -0.540. The lowest BCUT2D eigenvalue weighted by molar-refractivity contribution is 0.461. The van der Waals surface area contributed by atoms with Gasteiger partial charge in [0.25, 0.3) is 0 Å². The Kier molecular flexibility index (Phi) is 2.07. The van der Waals surface area contributed by atoms with Gasteiger partial charge in [-0.1, -0.05) is 11.6 Å². The third-order valence-corrected chi connectivity index (χ3v) is 2.58. The second kappa shape index (κ2) is 3.07. The van der Waals surface area contributed by atoms with Gasteiger partial charge in [-0.2, -0.15) is 5.10 Å². The van der Waals surface area contributed by atoms with Gasteiger partial charge in [0, 0.05) is 12.2 Å². The van der Waals surface area contributed by atoms with Crippen LogP contribution in [-0.4, -0.2) is 15.8 Å². The molecule has 1 aromatic rings. The minimum Gasteiger partial charge on any atom is -0.328 e. The molecule has 4 heteroatoms. The molecule has 66 valence electrons. The molecule has 1 fully saturated rings. The Morgan fingerprint density at radius 1 is 1.58 bits per heavy atom. The zero-order valence-electron chi connectivity index (χ0n) is 6.78. The highest BCUT2D eigenvalue weighted by atomic mass is 35.5. The highest BCUT2D eigenvalue weighted by Gasteiger charge is 2.23. The first-order valence-electron chi connectivity index (χ1n) is 4.21. The fourth-order valence-corrected chi connectivity index (χ4v) is 1.89. The standard InChI is InChI=1S/C8H12ClN3/c9-6-4-11-12(5-6)8-2-1-7(10)3-8/h4-5,7-8H,1-3,10H2. The van der Waals surface area contributed by atoms with Crippen molar-refractivity contribution in [2.45, 2.75) is 31.3 Å². The lowest BCUT2D eigenvalue weighted by Crippen LogP contribution is -2.16. The number of hydrogen-bond acceptors (Lipinski definition) is 2. The highest BCUT2D eigenvalue weighted by molar-refractivity contribution is 6.30. The summed E-state index contributed by atoms with van der Waals surface area (Å²) in [5.41, 5.74) is 5.80. The Balaban J connectivity index is 2.11. The molecule has 1 aliphatic carbocycles. The Morgan fingerprint density at radius 3 is 2.92 bits per heavy atom. The summed E-state index contributed by atoms with van der Waals surface area (Å²) >= 11 is 5.76. The van der Waals surface area contributed by atoms with Gasteiger partial charge < -0.3 is 5.73 Å². The third-order valence-electron chi connectivity index (χ3n) is 2.39. The predicted octanol–water partition coefficient (Wildman–Crippen LogP) is 1.59. The normalized spacial score (nSPS) is 29.5. The molecule has 2 unspecified atom stereocenters. The summed E-state index contributed by atoms with van der Waals surface area (Å²) in [6.45, 7) is 0. The van der Waals surface area contributed by atoms with E-state index < -0.39 is 0 Å². The quantitative estimate of drug-likeness (QED) is 0.722. The molecule has 1 heterocycles. The van der Waals surface area contributed by atoms with Crippen LogP contribution in [0.25, 0.3) is 0 Å². The smallest absolute Gasteiger partial charge is 0.0785 e. The first-order chi connectivity index (χ1) is 5.75. The SMILES string of the molecule is NC1CCC(n2cc(Cl)cn2)C1. The van der Waals surface area contributed by atoms with Gasteiger partial charge in [-0.05, 0) is 19.3 Å². The van der Waals surface area contributed by atoms with Crippen LogP contribution in [0.3, 0.4) is 0 Å². The summed E-state index contributed by atoms with van der Waals surface area (Å²) in [7, 11) is 0. The molecule has 0 radical (unpaired) electrons. The number of rotatable bonds is 1. The van der Waals surface area contributed by atoms with Crippen molar-refractivity contribution in [3.05, 3.63) is 17.4 Å². The van der Waals surface area contributed by atoms with Crippen LogP contribution in [-0.2, 0) is 0 Å². The molecule has 0 bridgehead atoms. The molecule has 0 saturated heterocycles. The number of halogens is 1. The lowest BCUT2D eigenvalue weighted by atomic mass is 10.2. The predicted molar refractivity (Wildman–Crippen MR) is 48.1 cm³/mol. The van der Waals surface area contributed by atoms with E-state index in [1.165, 1.54) is 0 Å². The van der Waals surface area contributed by atoms with E-state index in [1.807, 2.05) is 10.9 Å². The maximum atomic E-state index is 5.80. The molecule has 2 atom stereocenters. The Morgan fingerprint density at radius 2 is 2.42 bits per heavy atom. The van der Waals surface area contributed by atoms with Gasteiger partial charge in [-0.3, -0.25) is 4.68 Å². The van der Waals surface area contributed by atoms with Crippen LogP contribution in [0.15, 0.2) is 12.4 Å². The maximum absolute atomic E-state index is 5.80. The van der Waals surface area contributed by atoms with Crippen molar-refractivity contribution in [2.24, 2.45) is 5.73 Å². The number of nitrogens with two attached hydrogens (primary N) is 1. The zero-order valence-corrected chi connectivity index (χ0v) is 7.54. The van der Waals surface area contributed by atoms with E-state index >= 15 is 0 Å². The molecule has 0 amide bonds. The molecule has 1 aromatic heterocycles. The van der Waals surface area contributed by atoms with Gasteiger partial charge in [0.05, 0.1) is 17.3 Å². The van der Waals surface area contributed by atoms with E-state index in [4.69, 9.17) is 17.3 Å². The molecular weight excluding hydrogens is 174 g/mol. The molecule has 12 heavy (non-hydrogen) atoms. The second-order valence-corrected chi connectivity index (χ2v) is 3.80. The first kappa shape index (κ1) is 8.08. The van der Waals surface area contributed by atoms with Gasteiger partial charge >= 0.3 is 0 Å². The van der Waals surface area contributed by atoms with Crippen LogP contribution < -0.4 is 5.73 Å². The second-order valence-electron chi connectivity index (χ2n) is 3.37. The summed E-state index contributed by atoms with van der Waals surface area (Å²) in [6.07, 6.45) is 6.79. The van der Waals surface area contributed by atoms with E-state index in [1.54, 1.807) is 6.20 Å². The molecule has 1 saturated carbocycles. The van der Waals surface area contributed by atoms with Crippen molar-refractivity contribution in [2.75, 3.05) is 0 Å². The van der Waals surface area contributed by atoms with E-state index in [0.717, 1.165) is 19.3 Å². The van der Waals surface area contributed by atoms with Gasteiger partial charge in [-0.25, -0.2) is 0 Å². The van der Waals surface area contributed by atoms with Gasteiger partial charge in [0.2, 0.25) is 0 Å². The fourth-order valence-electron chi connectivity index (χ4n) is 1.75. The molecule has 2 rings (SSSR count). The summed E-state index contributed by atoms with van der Waals surface area (Å²) < 4.78 is 1.93. The van der Waals surface area contributed by atoms with Crippen LogP contribution >= 0.6 is 11.6 Å². The number of aromatic nitrogens is 2. The van der Waals surface area contributed by atoms with Crippen molar-refractivity contribution >= 4 is 11.6 Å². The molecule has 0 aromatic carbocycles. The summed E-state index contributed by atoms with van der Waals surface area (Å²) in [4.78, 5) is 0. The average Bonchev–Trinajstić information content (AvgIpc) is 2.58. The summed E-state index contributed by atoms with van der Waals surface area (Å²) in [5.74, 6) is 0. The van der Waals surface area contributed by atoms with Crippen LogP contribution in [0.1, 0.15) is 25.3 Å². The molecular formula is C8H12ClN3. The topological polar surface area (TPSA) is 43.8 Å². The molecule has 0 spiro atoms. The monoisotopic (exact) mass is 185 g/mol. The van der Waals surface area contributed by atoms with E-state index in [-0.39, 0.29) is 0 Å². The van der Waals surface area contributed by atoms with Crippen LogP contribution in [0, 0.1) is 0 Å². The van der Waals surface area contributed by atoms with E-state index in [9.17, 15) is 0 Å². The number of nitrogens with zero attached hydrogens (tertiary/aromatic N) is 2. The van der Waals surface area contributed by atoms with Gasteiger partial charge in [0.15, 0.2) is 0 Å². The average molecular weight is 186 g/mol. The van der Waals surface area contributed by atoms with Gasteiger partial charge in [-0.15, -0.1) is 0 Å². The summed E-state index contributed by atoms with van der Waals surface area (Å²) in [6, 6.07) is 0.811. The fraction of sp³-hybridized carbons (Fsp3) is 0.625.